The molecule has 6 heteroatoms. The van der Waals surface area contributed by atoms with Crippen LogP contribution in [0.3, 0.4) is 0 Å². The molecule has 1 aliphatic rings. The molecule has 0 radical (unpaired) electrons. The fourth-order valence-corrected chi connectivity index (χ4v) is 3.45. The standard InChI is InChI=1S/C17H21N3O2S/c1-11-12(2)20(14-7-8-14)17(18-11)23-10-16(21)19-13-5-4-6-15(9-13)22-3/h4-6,9,14H,7-8,10H2,1-3H3,(H,19,21). The topological polar surface area (TPSA) is 56.1 Å². The number of carbonyl (C=O) groups is 1. The number of nitrogens with one attached hydrogen (secondary N) is 1. The Hall–Kier alpha value is -1.95. The second kappa shape index (κ2) is 6.66. The lowest BCUT2D eigenvalue weighted by Crippen LogP contribution is -2.14. The molecular weight excluding hydrogens is 310 g/mol. The molecule has 0 spiro atoms. The van der Waals surface area contributed by atoms with Crippen LogP contribution in [0.5, 0.6) is 5.75 Å². The predicted molar refractivity (Wildman–Crippen MR) is 92.3 cm³/mol. The van der Waals surface area contributed by atoms with Gasteiger partial charge in [-0.15, -0.1) is 0 Å². The van der Waals surface area contributed by atoms with Crippen LogP contribution in [-0.2, 0) is 4.79 Å². The van der Waals surface area contributed by atoms with Crippen molar-refractivity contribution in [1.82, 2.24) is 9.55 Å². The Morgan fingerprint density at radius 2 is 2.22 bits per heavy atom. The fraction of sp³-hybridized carbons (Fsp3) is 0.412. The van der Waals surface area contributed by atoms with Crippen LogP contribution in [0, 0.1) is 13.8 Å². The highest BCUT2D eigenvalue weighted by molar-refractivity contribution is 7.99. The van der Waals surface area contributed by atoms with Crippen molar-refractivity contribution < 1.29 is 9.53 Å². The number of benzene rings is 1. The van der Waals surface area contributed by atoms with Gasteiger partial charge in [-0.1, -0.05) is 17.8 Å². The number of aryl methyl sites for hydroxylation is 1. The molecular formula is C17H21N3O2S. The fourth-order valence-electron chi connectivity index (χ4n) is 2.49. The van der Waals surface area contributed by atoms with Crippen LogP contribution in [0.4, 0.5) is 5.69 Å². The molecule has 1 aromatic carbocycles. The van der Waals surface area contributed by atoms with Gasteiger partial charge in [0, 0.05) is 23.5 Å². The number of ether oxygens (including phenoxy) is 1. The van der Waals surface area contributed by atoms with Crippen molar-refractivity contribution in [2.45, 2.75) is 37.9 Å². The summed E-state index contributed by atoms with van der Waals surface area (Å²) in [7, 11) is 1.61. The Kier molecular flexibility index (Phi) is 4.61. The molecule has 0 atom stereocenters. The van der Waals surface area contributed by atoms with Gasteiger partial charge in [-0.2, -0.15) is 0 Å². The summed E-state index contributed by atoms with van der Waals surface area (Å²) < 4.78 is 7.44. The van der Waals surface area contributed by atoms with E-state index in [2.05, 4.69) is 21.8 Å². The van der Waals surface area contributed by atoms with Gasteiger partial charge in [0.2, 0.25) is 5.91 Å². The van der Waals surface area contributed by atoms with E-state index in [-0.39, 0.29) is 5.91 Å². The van der Waals surface area contributed by atoms with Crippen molar-refractivity contribution in [3.8, 4) is 5.75 Å². The maximum Gasteiger partial charge on any atom is 0.234 e. The SMILES string of the molecule is COc1cccc(NC(=O)CSc2nc(C)c(C)n2C2CC2)c1. The van der Waals surface area contributed by atoms with Crippen LogP contribution in [0.1, 0.15) is 30.3 Å². The van der Waals surface area contributed by atoms with Crippen LogP contribution < -0.4 is 10.1 Å². The maximum absolute atomic E-state index is 12.2. The van der Waals surface area contributed by atoms with E-state index in [1.54, 1.807) is 7.11 Å². The zero-order valence-corrected chi connectivity index (χ0v) is 14.4. The average molecular weight is 331 g/mol. The van der Waals surface area contributed by atoms with E-state index in [0.717, 1.165) is 22.3 Å². The number of anilines is 1. The van der Waals surface area contributed by atoms with Gasteiger partial charge in [-0.25, -0.2) is 4.98 Å². The number of carbonyl (C=O) groups excluding carboxylic acids is 1. The third-order valence-corrected chi connectivity index (χ3v) is 4.90. The van der Waals surface area contributed by atoms with Gasteiger partial charge in [0.25, 0.3) is 0 Å². The monoisotopic (exact) mass is 331 g/mol. The Balaban J connectivity index is 1.62. The van der Waals surface area contributed by atoms with E-state index >= 15 is 0 Å². The lowest BCUT2D eigenvalue weighted by atomic mass is 10.3. The zero-order valence-electron chi connectivity index (χ0n) is 13.6. The van der Waals surface area contributed by atoms with Crippen LogP contribution in [0.2, 0.25) is 0 Å². The first-order chi connectivity index (χ1) is 11.1. The Bertz CT molecular complexity index is 723. The van der Waals surface area contributed by atoms with Gasteiger partial charge in [0.15, 0.2) is 5.16 Å². The van der Waals surface area contributed by atoms with Gasteiger partial charge in [-0.3, -0.25) is 4.79 Å². The highest BCUT2D eigenvalue weighted by Crippen LogP contribution is 2.39. The molecule has 5 nitrogen and oxygen atoms in total. The molecule has 3 rings (SSSR count). The number of aromatic nitrogens is 2. The molecule has 1 amide bonds. The molecule has 1 aromatic heterocycles. The van der Waals surface area contributed by atoms with Crippen LogP contribution in [0.15, 0.2) is 29.4 Å². The van der Waals surface area contributed by atoms with Crippen molar-refractivity contribution in [2.75, 3.05) is 18.2 Å². The Morgan fingerprint density at radius 1 is 1.43 bits per heavy atom. The number of nitrogens with zero attached hydrogens (tertiary/aromatic N) is 2. The summed E-state index contributed by atoms with van der Waals surface area (Å²) in [6.45, 7) is 4.12. The van der Waals surface area contributed by atoms with Crippen LogP contribution >= 0.6 is 11.8 Å². The van der Waals surface area contributed by atoms with Crippen molar-refractivity contribution in [2.24, 2.45) is 0 Å². The first kappa shape index (κ1) is 15.9. The molecule has 122 valence electrons. The molecule has 23 heavy (non-hydrogen) atoms. The van der Waals surface area contributed by atoms with Crippen LogP contribution in [-0.4, -0.2) is 28.3 Å². The predicted octanol–water partition coefficient (Wildman–Crippen LogP) is 3.57. The number of hydrogen-bond acceptors (Lipinski definition) is 4. The van der Waals surface area contributed by atoms with Crippen LogP contribution in [0.25, 0.3) is 0 Å². The number of methoxy groups -OCH3 is 1. The second-order valence-corrected chi connectivity index (χ2v) is 6.68. The minimum absolute atomic E-state index is 0.0380. The number of amides is 1. The summed E-state index contributed by atoms with van der Waals surface area (Å²) in [4.78, 5) is 16.8. The Morgan fingerprint density at radius 3 is 2.91 bits per heavy atom. The quantitative estimate of drug-likeness (QED) is 0.822. The highest BCUT2D eigenvalue weighted by Gasteiger charge is 2.28. The van der Waals surface area contributed by atoms with E-state index in [0.29, 0.717) is 11.8 Å². The Labute approximate surface area is 140 Å². The third kappa shape index (κ3) is 3.69. The number of rotatable bonds is 6. The lowest BCUT2D eigenvalue weighted by Gasteiger charge is -2.09. The van der Waals surface area contributed by atoms with Crippen molar-refractivity contribution in [3.05, 3.63) is 35.7 Å². The summed E-state index contributed by atoms with van der Waals surface area (Å²) in [5.74, 6) is 1.04. The smallest absolute Gasteiger partial charge is 0.234 e. The summed E-state index contributed by atoms with van der Waals surface area (Å²) in [6.07, 6.45) is 2.42. The molecule has 1 saturated carbocycles. The van der Waals surface area contributed by atoms with E-state index in [4.69, 9.17) is 4.74 Å². The second-order valence-electron chi connectivity index (χ2n) is 5.74. The summed E-state index contributed by atoms with van der Waals surface area (Å²) in [5, 5.41) is 3.84. The van der Waals surface area contributed by atoms with Crippen molar-refractivity contribution >= 4 is 23.4 Å². The van der Waals surface area contributed by atoms with Crippen molar-refractivity contribution in [1.29, 1.82) is 0 Å². The summed E-state index contributed by atoms with van der Waals surface area (Å²) >= 11 is 1.50. The van der Waals surface area contributed by atoms with Gasteiger partial charge >= 0.3 is 0 Å². The molecule has 1 fully saturated rings. The normalized spacial score (nSPS) is 13.9. The lowest BCUT2D eigenvalue weighted by molar-refractivity contribution is -0.113. The van der Waals surface area contributed by atoms with E-state index in [1.165, 1.54) is 30.3 Å². The molecule has 1 N–H and O–H groups in total. The van der Waals surface area contributed by atoms with Gasteiger partial charge in [0.05, 0.1) is 18.6 Å². The van der Waals surface area contributed by atoms with E-state index < -0.39 is 0 Å². The molecule has 1 aliphatic carbocycles. The number of thioether (sulfide) groups is 1. The van der Waals surface area contributed by atoms with E-state index in [1.807, 2.05) is 31.2 Å². The van der Waals surface area contributed by atoms with Gasteiger partial charge in [-0.05, 0) is 38.8 Å². The molecule has 0 aliphatic heterocycles. The molecule has 0 unspecified atom stereocenters. The summed E-state index contributed by atoms with van der Waals surface area (Å²) in [5.41, 5.74) is 3.00. The molecule has 0 bridgehead atoms. The highest BCUT2D eigenvalue weighted by atomic mass is 32.2. The summed E-state index contributed by atoms with van der Waals surface area (Å²) in [6, 6.07) is 7.93. The zero-order chi connectivity index (χ0) is 16.4. The largest absolute Gasteiger partial charge is 0.497 e. The molecule has 2 aromatic rings. The maximum atomic E-state index is 12.2. The first-order valence-corrected chi connectivity index (χ1v) is 8.69. The minimum Gasteiger partial charge on any atom is -0.497 e. The minimum atomic E-state index is -0.0380. The molecule has 1 heterocycles. The van der Waals surface area contributed by atoms with Crippen molar-refractivity contribution in [3.63, 3.8) is 0 Å². The van der Waals surface area contributed by atoms with Gasteiger partial charge in [0.1, 0.15) is 5.75 Å². The average Bonchev–Trinajstić information content (AvgIpc) is 3.33. The number of imidazole rings is 1. The molecule has 0 saturated heterocycles. The third-order valence-electron chi connectivity index (χ3n) is 3.95. The van der Waals surface area contributed by atoms with E-state index in [9.17, 15) is 4.79 Å². The number of hydrogen-bond donors (Lipinski definition) is 1. The van der Waals surface area contributed by atoms with Gasteiger partial charge < -0.3 is 14.6 Å². The first-order valence-electron chi connectivity index (χ1n) is 7.70.